The molecule has 334 valence electrons. The molecule has 5 heteroatoms. The maximum atomic E-state index is 12.0. The molecule has 4 aromatic heterocycles. The zero-order chi connectivity index (χ0) is 47.4. The average Bonchev–Trinajstić information content (AvgIpc) is 4.18. The molecule has 0 saturated carbocycles. The van der Waals surface area contributed by atoms with E-state index in [1.165, 1.54) is 16.3 Å². The van der Waals surface area contributed by atoms with E-state index in [-0.39, 0.29) is 0 Å². The Hall–Kier alpha value is -9.89. The minimum Gasteiger partial charge on any atom is -0.309 e. The van der Waals surface area contributed by atoms with Crippen molar-refractivity contribution in [2.24, 2.45) is 0 Å². The van der Waals surface area contributed by atoms with Gasteiger partial charge in [0.2, 0.25) is 0 Å². The van der Waals surface area contributed by atoms with Crippen molar-refractivity contribution in [3.8, 4) is 51.1 Å². The topological polar surface area (TPSA) is 43.5 Å². The fourth-order valence-corrected chi connectivity index (χ4v) is 12.0. The molecule has 0 N–H and O–H groups in total. The van der Waals surface area contributed by atoms with Gasteiger partial charge in [-0.2, -0.15) is 5.26 Å². The summed E-state index contributed by atoms with van der Waals surface area (Å²) in [5.41, 5.74) is 17.5. The highest BCUT2D eigenvalue weighted by Crippen LogP contribution is 2.46. The number of hydrogen-bond donors (Lipinski definition) is 0. The number of rotatable bonds is 6. The van der Waals surface area contributed by atoms with Gasteiger partial charge < -0.3 is 18.3 Å². The number of hydrogen-bond acceptors (Lipinski definition) is 1. The van der Waals surface area contributed by atoms with Crippen molar-refractivity contribution in [2.45, 2.75) is 0 Å². The molecule has 0 bridgehead atoms. The van der Waals surface area contributed by atoms with Gasteiger partial charge in [0.15, 0.2) is 0 Å². The van der Waals surface area contributed by atoms with Crippen LogP contribution < -0.4 is 0 Å². The summed E-state index contributed by atoms with van der Waals surface area (Å²) in [6, 6.07) is 92.0. The molecule has 0 amide bonds. The Morgan fingerprint density at radius 1 is 0.264 bits per heavy atom. The van der Waals surface area contributed by atoms with E-state index >= 15 is 0 Å². The largest absolute Gasteiger partial charge is 0.309 e. The number of fused-ring (bicyclic) bond motifs is 14. The van der Waals surface area contributed by atoms with Crippen molar-refractivity contribution in [3.63, 3.8) is 0 Å². The monoisotopic (exact) mass is 915 g/mol. The summed E-state index contributed by atoms with van der Waals surface area (Å²) in [6.45, 7) is 0. The molecule has 0 radical (unpaired) electrons. The number of benzene rings is 11. The summed E-state index contributed by atoms with van der Waals surface area (Å²) >= 11 is 0. The highest BCUT2D eigenvalue weighted by Gasteiger charge is 2.27. The third-order valence-electron chi connectivity index (χ3n) is 15.0. The van der Waals surface area contributed by atoms with Gasteiger partial charge in [0.1, 0.15) is 11.6 Å². The normalized spacial score (nSPS) is 11.9. The van der Waals surface area contributed by atoms with Crippen LogP contribution in [0.2, 0.25) is 0 Å². The predicted molar refractivity (Wildman–Crippen MR) is 299 cm³/mol. The number of nitrogens with zero attached hydrogens (tertiary/aromatic N) is 5. The SMILES string of the molecule is N#Cc1c(-n2c3ccccc3c3c2ccc2c4ccccc4n(-c4ccccc4)c23)cc(-c2ccc(-c3ccccc3)cc2)cc1-n1c2ccccc2c2ccc3c(c4ccccc4n3-c3ccccc3)c21. The third-order valence-corrected chi connectivity index (χ3v) is 15.0. The fraction of sp³-hybridized carbons (Fsp3) is 0. The van der Waals surface area contributed by atoms with Gasteiger partial charge in [0.05, 0.1) is 55.5 Å². The molecule has 0 spiro atoms. The van der Waals surface area contributed by atoms with Crippen LogP contribution in [-0.4, -0.2) is 18.3 Å². The Labute approximate surface area is 414 Å². The molecule has 0 aliphatic carbocycles. The first-order valence-electron chi connectivity index (χ1n) is 24.5. The Bertz CT molecular complexity index is 4720. The molecule has 4 heterocycles. The second-order valence-corrected chi connectivity index (χ2v) is 18.7. The van der Waals surface area contributed by atoms with Crippen molar-refractivity contribution < 1.29 is 0 Å². The van der Waals surface area contributed by atoms with Crippen LogP contribution in [0.25, 0.3) is 132 Å². The van der Waals surface area contributed by atoms with Gasteiger partial charge in [-0.25, -0.2) is 0 Å². The van der Waals surface area contributed by atoms with Crippen molar-refractivity contribution in [2.75, 3.05) is 0 Å². The molecule has 0 fully saturated rings. The second kappa shape index (κ2) is 15.6. The van der Waals surface area contributed by atoms with Crippen molar-refractivity contribution in [3.05, 3.63) is 254 Å². The number of nitriles is 1. The van der Waals surface area contributed by atoms with Crippen LogP contribution in [-0.2, 0) is 0 Å². The maximum Gasteiger partial charge on any atom is 0.104 e. The summed E-state index contributed by atoms with van der Waals surface area (Å²) < 4.78 is 9.53. The van der Waals surface area contributed by atoms with E-state index in [9.17, 15) is 5.26 Å². The van der Waals surface area contributed by atoms with Gasteiger partial charge in [-0.1, -0.05) is 176 Å². The van der Waals surface area contributed by atoms with E-state index in [1.807, 2.05) is 0 Å². The fourth-order valence-electron chi connectivity index (χ4n) is 12.0. The highest BCUT2D eigenvalue weighted by atomic mass is 15.0. The molecule has 0 saturated heterocycles. The molecule has 0 unspecified atom stereocenters. The zero-order valence-electron chi connectivity index (χ0n) is 38.9. The third kappa shape index (κ3) is 5.69. The van der Waals surface area contributed by atoms with Crippen molar-refractivity contribution in [1.82, 2.24) is 18.3 Å². The molecule has 5 nitrogen and oxygen atoms in total. The van der Waals surface area contributed by atoms with Crippen LogP contribution in [0.15, 0.2) is 249 Å². The van der Waals surface area contributed by atoms with E-state index in [2.05, 4.69) is 273 Å². The van der Waals surface area contributed by atoms with Gasteiger partial charge in [-0.15, -0.1) is 0 Å². The zero-order valence-corrected chi connectivity index (χ0v) is 38.9. The first kappa shape index (κ1) is 40.0. The van der Waals surface area contributed by atoms with Gasteiger partial charge >= 0.3 is 0 Å². The molecule has 0 aliphatic rings. The Morgan fingerprint density at radius 3 is 1.18 bits per heavy atom. The van der Waals surface area contributed by atoms with Crippen LogP contribution in [0, 0.1) is 11.3 Å². The van der Waals surface area contributed by atoms with Crippen LogP contribution >= 0.6 is 0 Å². The molecular formula is C67H41N5. The van der Waals surface area contributed by atoms with Gasteiger partial charge in [0, 0.05) is 54.5 Å². The van der Waals surface area contributed by atoms with Crippen LogP contribution in [0.4, 0.5) is 0 Å². The summed E-state index contributed by atoms with van der Waals surface area (Å²) in [4.78, 5) is 0. The Balaban J connectivity index is 1.10. The Kier molecular flexibility index (Phi) is 8.66. The number of para-hydroxylation sites is 6. The van der Waals surface area contributed by atoms with Gasteiger partial charge in [-0.05, 0) is 95.1 Å². The lowest BCUT2D eigenvalue weighted by atomic mass is 9.97. The van der Waals surface area contributed by atoms with E-state index in [0.717, 1.165) is 116 Å². The molecule has 15 aromatic rings. The molecular weight excluding hydrogens is 875 g/mol. The molecule has 11 aromatic carbocycles. The molecule has 0 aliphatic heterocycles. The lowest BCUT2D eigenvalue weighted by Crippen LogP contribution is -2.05. The second-order valence-electron chi connectivity index (χ2n) is 18.7. The Morgan fingerprint density at radius 2 is 0.639 bits per heavy atom. The summed E-state index contributed by atoms with van der Waals surface area (Å²) in [5.74, 6) is 0. The summed E-state index contributed by atoms with van der Waals surface area (Å²) in [6.07, 6.45) is 0. The quantitative estimate of drug-likeness (QED) is 0.164. The summed E-state index contributed by atoms with van der Waals surface area (Å²) in [5, 5.41) is 21.2. The minimum absolute atomic E-state index is 0.581. The smallest absolute Gasteiger partial charge is 0.104 e. The number of aromatic nitrogens is 4. The first-order chi connectivity index (χ1) is 35.7. The van der Waals surface area contributed by atoms with Crippen molar-refractivity contribution in [1.29, 1.82) is 5.26 Å². The van der Waals surface area contributed by atoms with E-state index in [1.54, 1.807) is 0 Å². The van der Waals surface area contributed by atoms with E-state index in [4.69, 9.17) is 0 Å². The molecule has 0 atom stereocenters. The average molecular weight is 916 g/mol. The minimum atomic E-state index is 0.581. The van der Waals surface area contributed by atoms with Crippen LogP contribution in [0.1, 0.15) is 5.56 Å². The first-order valence-corrected chi connectivity index (χ1v) is 24.5. The van der Waals surface area contributed by atoms with Crippen LogP contribution in [0.5, 0.6) is 0 Å². The lowest BCUT2D eigenvalue weighted by molar-refractivity contribution is 1.12. The van der Waals surface area contributed by atoms with E-state index in [0.29, 0.717) is 5.56 Å². The van der Waals surface area contributed by atoms with Crippen molar-refractivity contribution >= 4 is 87.2 Å². The predicted octanol–water partition coefficient (Wildman–Crippen LogP) is 17.3. The lowest BCUT2D eigenvalue weighted by Gasteiger charge is -2.19. The summed E-state index contributed by atoms with van der Waals surface area (Å²) in [7, 11) is 0. The van der Waals surface area contributed by atoms with Gasteiger partial charge in [0.25, 0.3) is 0 Å². The molecule has 15 rings (SSSR count). The van der Waals surface area contributed by atoms with Gasteiger partial charge in [-0.3, -0.25) is 0 Å². The highest BCUT2D eigenvalue weighted by molar-refractivity contribution is 6.28. The van der Waals surface area contributed by atoms with E-state index < -0.39 is 0 Å². The molecule has 72 heavy (non-hydrogen) atoms. The van der Waals surface area contributed by atoms with Crippen LogP contribution in [0.3, 0.4) is 0 Å². The maximum absolute atomic E-state index is 12.0. The standard InChI is InChI=1S/C67H41N5/c68-42-55-62(71-59-31-17-13-27-54(59)65-61(71)39-37-51-49-24-10-14-28-56(49)70(66(51)65)48-22-8-3-9-23-48)40-46(45-34-32-44(33-35-45)43-18-4-1-5-19-43)41-63(55)72-57-29-15-11-25-50(57)52-36-38-60-64(67(52)72)53-26-12-16-30-58(53)69(60)47-20-6-2-7-21-47/h1-41H.